The van der Waals surface area contributed by atoms with Crippen LogP contribution in [0.2, 0.25) is 4.34 Å². The highest BCUT2D eigenvalue weighted by atomic mass is 35.5. The first-order valence-corrected chi connectivity index (χ1v) is 11.5. The zero-order valence-electron chi connectivity index (χ0n) is 18.5. The monoisotopic (exact) mass is 497 g/mol. The van der Waals surface area contributed by atoms with Crippen LogP contribution in [0, 0.1) is 0 Å². The van der Waals surface area contributed by atoms with Crippen LogP contribution >= 0.6 is 22.9 Å². The normalized spacial score (nSPS) is 16.6. The van der Waals surface area contributed by atoms with Gasteiger partial charge in [0.2, 0.25) is 0 Å². The minimum absolute atomic E-state index is 0.00197. The minimum Gasteiger partial charge on any atom is -0.444 e. The summed E-state index contributed by atoms with van der Waals surface area (Å²) < 4.78 is 48.5. The van der Waals surface area contributed by atoms with Gasteiger partial charge in [0.25, 0.3) is 0 Å². The molecule has 2 aromatic heterocycles. The zero-order valence-corrected chi connectivity index (χ0v) is 20.1. The molecule has 0 radical (unpaired) electrons. The summed E-state index contributed by atoms with van der Waals surface area (Å²) in [5, 5.41) is 3.66. The molecule has 0 fully saturated rings. The summed E-state index contributed by atoms with van der Waals surface area (Å²) in [6, 6.07) is 8.76. The molecule has 3 aromatic rings. The Hall–Kier alpha value is -2.52. The number of aryl methyl sites for hydroxylation is 1. The number of hydrogen-bond acceptors (Lipinski definition) is 4. The van der Waals surface area contributed by atoms with Gasteiger partial charge in [-0.2, -0.15) is 18.3 Å². The van der Waals surface area contributed by atoms with Gasteiger partial charge in [-0.25, -0.2) is 4.79 Å². The Morgan fingerprint density at radius 1 is 1.18 bits per heavy atom. The van der Waals surface area contributed by atoms with Crippen molar-refractivity contribution in [3.8, 4) is 11.1 Å². The number of carbonyl (C=O) groups excluding carboxylic acids is 1. The van der Waals surface area contributed by atoms with E-state index < -0.39 is 23.6 Å². The average molecular weight is 498 g/mol. The van der Waals surface area contributed by atoms with Crippen molar-refractivity contribution >= 4 is 29.0 Å². The molecule has 0 spiro atoms. The van der Waals surface area contributed by atoms with Crippen molar-refractivity contribution in [1.82, 2.24) is 14.7 Å². The largest absolute Gasteiger partial charge is 0.444 e. The summed E-state index contributed by atoms with van der Waals surface area (Å²) in [7, 11) is 1.46. The van der Waals surface area contributed by atoms with Crippen molar-refractivity contribution in [2.75, 3.05) is 6.54 Å². The fourth-order valence-electron chi connectivity index (χ4n) is 4.06. The molecule has 5 nitrogen and oxygen atoms in total. The van der Waals surface area contributed by atoms with Gasteiger partial charge in [0, 0.05) is 36.1 Å². The average Bonchev–Trinajstić information content (AvgIpc) is 3.27. The summed E-state index contributed by atoms with van der Waals surface area (Å²) in [6.07, 6.45) is -3.70. The molecule has 10 heteroatoms. The number of halogens is 4. The molecule has 0 unspecified atom stereocenters. The lowest BCUT2D eigenvalue weighted by Crippen LogP contribution is -2.41. The van der Waals surface area contributed by atoms with E-state index in [2.05, 4.69) is 5.10 Å². The van der Waals surface area contributed by atoms with E-state index >= 15 is 0 Å². The molecule has 1 aliphatic rings. The van der Waals surface area contributed by atoms with E-state index in [1.807, 2.05) is 6.07 Å². The molecule has 1 amide bonds. The third-order valence-corrected chi connectivity index (χ3v) is 6.56. The van der Waals surface area contributed by atoms with Gasteiger partial charge in [0.1, 0.15) is 5.60 Å². The second kappa shape index (κ2) is 8.36. The van der Waals surface area contributed by atoms with Crippen LogP contribution in [0.5, 0.6) is 0 Å². The zero-order chi connectivity index (χ0) is 24.1. The van der Waals surface area contributed by atoms with Gasteiger partial charge in [0.05, 0.1) is 10.9 Å². The predicted octanol–water partition coefficient (Wildman–Crippen LogP) is 6.70. The Bertz CT molecular complexity index is 1200. The van der Waals surface area contributed by atoms with Crippen LogP contribution in [-0.4, -0.2) is 32.9 Å². The van der Waals surface area contributed by atoms with Crippen LogP contribution in [0.15, 0.2) is 36.5 Å². The third kappa shape index (κ3) is 4.89. The Morgan fingerprint density at radius 3 is 2.55 bits per heavy atom. The third-order valence-electron chi connectivity index (χ3n) is 5.30. The van der Waals surface area contributed by atoms with Crippen LogP contribution in [-0.2, 0) is 24.5 Å². The van der Waals surface area contributed by atoms with Crippen LogP contribution in [0.4, 0.5) is 18.0 Å². The molecule has 0 bridgehead atoms. The number of ether oxygens (including phenoxy) is 1. The van der Waals surface area contributed by atoms with E-state index in [0.29, 0.717) is 22.0 Å². The number of amides is 1. The Balaban J connectivity index is 1.82. The first-order valence-electron chi connectivity index (χ1n) is 10.3. The number of rotatable bonds is 2. The molecular formula is C23H23ClF3N3O2S. The SMILES string of the molecule is Cn1cc(-c2ccccc2[C@@H]2CN(C(=O)OC(C)(C)C)Cc3sc(Cl)cc32)c(C(F)(F)F)n1. The summed E-state index contributed by atoms with van der Waals surface area (Å²) in [5.74, 6) is -0.373. The molecule has 1 aromatic carbocycles. The highest BCUT2D eigenvalue weighted by Crippen LogP contribution is 2.45. The maximum absolute atomic E-state index is 13.7. The molecular weight excluding hydrogens is 475 g/mol. The van der Waals surface area contributed by atoms with Crippen molar-refractivity contribution in [3.05, 3.63) is 62.6 Å². The number of alkyl halides is 3. The van der Waals surface area contributed by atoms with E-state index in [9.17, 15) is 18.0 Å². The van der Waals surface area contributed by atoms with Crippen molar-refractivity contribution in [1.29, 1.82) is 0 Å². The number of nitrogens with zero attached hydrogens (tertiary/aromatic N) is 3. The highest BCUT2D eigenvalue weighted by molar-refractivity contribution is 7.16. The molecule has 1 aliphatic heterocycles. The number of benzene rings is 1. The van der Waals surface area contributed by atoms with Gasteiger partial charge in [-0.3, -0.25) is 4.68 Å². The quantitative estimate of drug-likeness (QED) is 0.395. The molecule has 33 heavy (non-hydrogen) atoms. The number of fused-ring (bicyclic) bond motifs is 1. The lowest BCUT2D eigenvalue weighted by Gasteiger charge is -2.35. The fourth-order valence-corrected chi connectivity index (χ4v) is 5.41. The van der Waals surface area contributed by atoms with Gasteiger partial charge in [-0.1, -0.05) is 35.9 Å². The molecule has 0 aliphatic carbocycles. The number of thiophene rings is 1. The van der Waals surface area contributed by atoms with Crippen molar-refractivity contribution in [2.24, 2.45) is 7.05 Å². The molecule has 4 rings (SSSR count). The lowest BCUT2D eigenvalue weighted by molar-refractivity contribution is -0.140. The first-order chi connectivity index (χ1) is 15.3. The maximum Gasteiger partial charge on any atom is 0.435 e. The smallest absolute Gasteiger partial charge is 0.435 e. The standard InChI is InChI=1S/C23H23ClF3N3O2S/c1-22(2,3)32-21(31)30-11-16(15-9-19(24)33-18(15)12-30)13-7-5-6-8-14(13)17-10-29(4)28-20(17)23(25,26)27/h5-10,16H,11-12H2,1-4H3/t16-/m0/s1. The highest BCUT2D eigenvalue weighted by Gasteiger charge is 2.39. The molecule has 176 valence electrons. The Morgan fingerprint density at radius 2 is 1.88 bits per heavy atom. The second-order valence-corrected chi connectivity index (χ2v) is 10.8. The Labute approximate surface area is 198 Å². The molecule has 0 saturated carbocycles. The minimum atomic E-state index is -4.60. The van der Waals surface area contributed by atoms with Crippen molar-refractivity contribution < 1.29 is 22.7 Å². The molecule has 0 saturated heterocycles. The molecule has 1 atom stereocenters. The summed E-state index contributed by atoms with van der Waals surface area (Å²) in [5.41, 5.74) is 0.380. The topological polar surface area (TPSA) is 47.4 Å². The van der Waals surface area contributed by atoms with Crippen molar-refractivity contribution in [3.63, 3.8) is 0 Å². The molecule has 0 N–H and O–H groups in total. The lowest BCUT2D eigenvalue weighted by atomic mass is 9.84. The van der Waals surface area contributed by atoms with Gasteiger partial charge < -0.3 is 9.64 Å². The predicted molar refractivity (Wildman–Crippen MR) is 121 cm³/mol. The number of aromatic nitrogens is 2. The summed E-state index contributed by atoms with van der Waals surface area (Å²) >= 11 is 7.66. The second-order valence-electron chi connectivity index (χ2n) is 8.99. The van der Waals surface area contributed by atoms with Crippen LogP contribution in [0.25, 0.3) is 11.1 Å². The van der Waals surface area contributed by atoms with Gasteiger partial charge >= 0.3 is 12.3 Å². The van der Waals surface area contributed by atoms with E-state index in [-0.39, 0.29) is 18.0 Å². The number of carbonyl (C=O) groups is 1. The van der Waals surface area contributed by atoms with E-state index in [1.54, 1.807) is 49.9 Å². The first kappa shape index (κ1) is 23.6. The van der Waals surface area contributed by atoms with E-state index in [4.69, 9.17) is 16.3 Å². The Kier molecular flexibility index (Phi) is 5.99. The summed E-state index contributed by atoms with van der Waals surface area (Å²) in [4.78, 5) is 15.3. The van der Waals surface area contributed by atoms with E-state index in [0.717, 1.165) is 15.1 Å². The molecule has 3 heterocycles. The van der Waals surface area contributed by atoms with Gasteiger partial charge in [0.15, 0.2) is 5.69 Å². The number of hydrogen-bond donors (Lipinski definition) is 0. The van der Waals surface area contributed by atoms with E-state index in [1.165, 1.54) is 24.6 Å². The van der Waals surface area contributed by atoms with Crippen LogP contribution in [0.1, 0.15) is 48.4 Å². The summed E-state index contributed by atoms with van der Waals surface area (Å²) in [6.45, 7) is 5.96. The maximum atomic E-state index is 13.7. The van der Waals surface area contributed by atoms with Crippen molar-refractivity contribution in [2.45, 2.75) is 45.0 Å². The van der Waals surface area contributed by atoms with Gasteiger partial charge in [-0.05, 0) is 43.5 Å². The fraction of sp³-hybridized carbons (Fsp3) is 0.391. The van der Waals surface area contributed by atoms with Crippen LogP contribution in [0.3, 0.4) is 0 Å². The van der Waals surface area contributed by atoms with Gasteiger partial charge in [-0.15, -0.1) is 11.3 Å². The van der Waals surface area contributed by atoms with Crippen LogP contribution < -0.4 is 0 Å².